The van der Waals surface area contributed by atoms with Crippen LogP contribution in [0.3, 0.4) is 0 Å². The van der Waals surface area contributed by atoms with Crippen LogP contribution in [0.25, 0.3) is 0 Å². The molecule has 220 valence electrons. The number of hydrogen-bond acceptors (Lipinski definition) is 6. The highest BCUT2D eigenvalue weighted by molar-refractivity contribution is 6.10. The monoisotopic (exact) mass is 551 g/mol. The average molecular weight is 552 g/mol. The van der Waals surface area contributed by atoms with E-state index in [2.05, 4.69) is 44.3 Å². The van der Waals surface area contributed by atoms with Gasteiger partial charge in [0.05, 0.1) is 11.6 Å². The summed E-state index contributed by atoms with van der Waals surface area (Å²) in [5.74, 6) is 4.82. The number of aliphatic imine (C=N–C) groups is 1. The molecule has 0 fully saturated rings. The maximum atomic E-state index is 13.3. The average Bonchev–Trinajstić information content (AvgIpc) is 2.98. The fourth-order valence-corrected chi connectivity index (χ4v) is 4.75. The fraction of sp³-hybridized carbons (Fsp3) is 0.594. The molecule has 1 aliphatic heterocycles. The van der Waals surface area contributed by atoms with E-state index >= 15 is 0 Å². The second kappa shape index (κ2) is 18.1. The molecule has 8 heteroatoms. The Morgan fingerprint density at radius 2 is 1.65 bits per heavy atom. The molecular weight excluding hydrogens is 502 g/mol. The minimum atomic E-state index is -0.719. The second-order valence-electron chi connectivity index (χ2n) is 10.7. The fourth-order valence-electron chi connectivity index (χ4n) is 4.75. The summed E-state index contributed by atoms with van der Waals surface area (Å²) in [4.78, 5) is 41.9. The maximum Gasteiger partial charge on any atom is 0.285 e. The van der Waals surface area contributed by atoms with Crippen LogP contribution < -0.4 is 5.84 Å². The van der Waals surface area contributed by atoms with Gasteiger partial charge < -0.3 is 4.90 Å². The Hall–Kier alpha value is -3.31. The molecule has 1 heterocycles. The standard InChI is InChI=1S/C24H40N2O.C8H9N3O2/c1-6-10-13-20(8-3)18-26(19-21(9-4)14-11-7-2)24(27)22-15-12-16-23(17-22)25-5;1-4-5(2)7(12)11(10)8(13)6(4)3-9/h12,15-17,20-21H,5-11,13-14,18-19H2,1-4H3;5H,10H2,1-2H3. The number of benzene rings is 1. The molecule has 1 aromatic rings. The van der Waals surface area contributed by atoms with Crippen molar-refractivity contribution in [2.75, 3.05) is 13.1 Å². The lowest BCUT2D eigenvalue weighted by atomic mass is 9.92. The smallest absolute Gasteiger partial charge is 0.285 e. The van der Waals surface area contributed by atoms with Crippen molar-refractivity contribution in [1.29, 1.82) is 5.26 Å². The number of nitrogens with zero attached hydrogens (tertiary/aromatic N) is 4. The molecule has 0 radical (unpaired) electrons. The molecule has 2 N–H and O–H groups in total. The van der Waals surface area contributed by atoms with Crippen LogP contribution in [0.5, 0.6) is 0 Å². The number of carbonyl (C=O) groups excluding carboxylic acids is 3. The van der Waals surface area contributed by atoms with Crippen LogP contribution in [0.2, 0.25) is 0 Å². The number of hydrazine groups is 1. The van der Waals surface area contributed by atoms with Gasteiger partial charge in [-0.3, -0.25) is 19.4 Å². The first-order chi connectivity index (χ1) is 19.1. The first kappa shape index (κ1) is 34.7. The van der Waals surface area contributed by atoms with Gasteiger partial charge in [-0.1, -0.05) is 72.3 Å². The molecule has 0 bridgehead atoms. The maximum absolute atomic E-state index is 13.3. The normalized spacial score (nSPS) is 16.6. The molecule has 0 saturated heterocycles. The summed E-state index contributed by atoms with van der Waals surface area (Å²) in [6, 6.07) is 9.30. The highest BCUT2D eigenvalue weighted by Gasteiger charge is 2.35. The molecule has 3 atom stereocenters. The van der Waals surface area contributed by atoms with Crippen LogP contribution >= 0.6 is 0 Å². The predicted octanol–water partition coefficient (Wildman–Crippen LogP) is 6.60. The molecule has 0 aliphatic carbocycles. The van der Waals surface area contributed by atoms with Gasteiger partial charge >= 0.3 is 0 Å². The number of hydrogen-bond donors (Lipinski definition) is 1. The van der Waals surface area contributed by atoms with Crippen molar-refractivity contribution in [1.82, 2.24) is 9.91 Å². The summed E-state index contributed by atoms with van der Waals surface area (Å²) < 4.78 is 0. The summed E-state index contributed by atoms with van der Waals surface area (Å²) in [6.07, 6.45) is 9.57. The van der Waals surface area contributed by atoms with Crippen molar-refractivity contribution in [2.45, 2.75) is 92.9 Å². The lowest BCUT2D eigenvalue weighted by Gasteiger charge is -2.31. The van der Waals surface area contributed by atoms with Gasteiger partial charge in [0.25, 0.3) is 17.7 Å². The summed E-state index contributed by atoms with van der Waals surface area (Å²) in [6.45, 7) is 17.5. The topological polar surface area (TPSA) is 120 Å². The van der Waals surface area contributed by atoms with Crippen molar-refractivity contribution in [2.24, 2.45) is 28.6 Å². The third kappa shape index (κ3) is 10.0. The highest BCUT2D eigenvalue weighted by atomic mass is 16.2. The van der Waals surface area contributed by atoms with Gasteiger partial charge in [0.15, 0.2) is 0 Å². The number of rotatable bonds is 14. The van der Waals surface area contributed by atoms with E-state index in [1.54, 1.807) is 19.9 Å². The quantitative estimate of drug-likeness (QED) is 0.121. The number of carbonyl (C=O) groups is 3. The zero-order valence-electron chi connectivity index (χ0n) is 25.4. The lowest BCUT2D eigenvalue weighted by Crippen LogP contribution is -2.49. The Kier molecular flexibility index (Phi) is 15.7. The molecule has 8 nitrogen and oxygen atoms in total. The lowest BCUT2D eigenvalue weighted by molar-refractivity contribution is -0.145. The Morgan fingerprint density at radius 3 is 2.10 bits per heavy atom. The molecule has 3 amide bonds. The molecule has 0 aromatic heterocycles. The molecule has 2 rings (SSSR count). The largest absolute Gasteiger partial charge is 0.338 e. The Morgan fingerprint density at radius 1 is 1.10 bits per heavy atom. The van der Waals surface area contributed by atoms with Gasteiger partial charge in [-0.05, 0) is 69.0 Å². The molecular formula is C32H49N5O3. The molecule has 40 heavy (non-hydrogen) atoms. The molecule has 0 saturated carbocycles. The third-order valence-corrected chi connectivity index (χ3v) is 7.80. The van der Waals surface area contributed by atoms with Gasteiger partial charge in [-0.25, -0.2) is 10.9 Å². The molecule has 3 unspecified atom stereocenters. The van der Waals surface area contributed by atoms with E-state index < -0.39 is 17.7 Å². The molecule has 0 spiro atoms. The van der Waals surface area contributed by atoms with Gasteiger partial charge in [-0.2, -0.15) is 5.26 Å². The number of unbranched alkanes of at least 4 members (excludes halogenated alkanes) is 2. The number of imide groups is 1. The SMILES string of the molecule is C=Nc1cccc(C(=O)N(CC(CC)CCCC)CC(CC)CCCC)c1.CC1=C(C#N)C(=O)N(N)C(=O)C1C. The van der Waals surface area contributed by atoms with Gasteiger partial charge in [0.1, 0.15) is 11.6 Å². The van der Waals surface area contributed by atoms with Crippen molar-refractivity contribution in [3.05, 3.63) is 41.0 Å². The highest BCUT2D eigenvalue weighted by Crippen LogP contribution is 2.23. The van der Waals surface area contributed by atoms with Crippen LogP contribution in [0.15, 0.2) is 40.4 Å². The van der Waals surface area contributed by atoms with Crippen molar-refractivity contribution >= 4 is 30.1 Å². The van der Waals surface area contributed by atoms with E-state index in [1.807, 2.05) is 24.3 Å². The summed E-state index contributed by atoms with van der Waals surface area (Å²) in [5.41, 5.74) is 1.95. The van der Waals surface area contributed by atoms with E-state index in [0.29, 0.717) is 22.4 Å². The Balaban J connectivity index is 0.000000512. The number of nitrogens with two attached hydrogens (primary N) is 1. The van der Waals surface area contributed by atoms with E-state index in [0.717, 1.165) is 37.2 Å². The summed E-state index contributed by atoms with van der Waals surface area (Å²) in [5, 5.41) is 9.13. The van der Waals surface area contributed by atoms with Crippen LogP contribution in [0.1, 0.15) is 103 Å². The number of amides is 3. The number of nitriles is 1. The molecule has 1 aliphatic rings. The summed E-state index contributed by atoms with van der Waals surface area (Å²) >= 11 is 0. The van der Waals surface area contributed by atoms with Crippen LogP contribution in [-0.4, -0.2) is 47.4 Å². The van der Waals surface area contributed by atoms with Crippen LogP contribution in [-0.2, 0) is 9.59 Å². The van der Waals surface area contributed by atoms with Crippen molar-refractivity contribution < 1.29 is 14.4 Å². The van der Waals surface area contributed by atoms with Gasteiger partial charge in [-0.15, -0.1) is 0 Å². The van der Waals surface area contributed by atoms with Crippen LogP contribution in [0, 0.1) is 29.1 Å². The van der Waals surface area contributed by atoms with E-state index in [1.165, 1.54) is 38.5 Å². The zero-order valence-corrected chi connectivity index (χ0v) is 25.4. The zero-order chi connectivity index (χ0) is 30.2. The van der Waals surface area contributed by atoms with Crippen LogP contribution in [0.4, 0.5) is 5.69 Å². The Labute approximate surface area is 241 Å². The Bertz CT molecular complexity index is 1060. The first-order valence-electron chi connectivity index (χ1n) is 14.7. The minimum Gasteiger partial charge on any atom is -0.338 e. The van der Waals surface area contributed by atoms with E-state index in [9.17, 15) is 14.4 Å². The van der Waals surface area contributed by atoms with Crippen molar-refractivity contribution in [3.63, 3.8) is 0 Å². The predicted molar refractivity (Wildman–Crippen MR) is 162 cm³/mol. The van der Waals surface area contributed by atoms with Crippen molar-refractivity contribution in [3.8, 4) is 6.07 Å². The van der Waals surface area contributed by atoms with E-state index in [-0.39, 0.29) is 11.5 Å². The van der Waals surface area contributed by atoms with Gasteiger partial charge in [0, 0.05) is 18.7 Å². The first-order valence-corrected chi connectivity index (χ1v) is 14.7. The minimum absolute atomic E-state index is 0.0328. The molecule has 1 aromatic carbocycles. The summed E-state index contributed by atoms with van der Waals surface area (Å²) in [7, 11) is 0. The second-order valence-corrected chi connectivity index (χ2v) is 10.7. The van der Waals surface area contributed by atoms with Gasteiger partial charge in [0.2, 0.25) is 0 Å². The van der Waals surface area contributed by atoms with E-state index in [4.69, 9.17) is 11.1 Å². The third-order valence-electron chi connectivity index (χ3n) is 7.80.